The van der Waals surface area contributed by atoms with Gasteiger partial charge < -0.3 is 14.5 Å². The first-order chi connectivity index (χ1) is 14.0. The van der Waals surface area contributed by atoms with Gasteiger partial charge in [0.05, 0.1) is 5.92 Å². The molecule has 0 aromatic heterocycles. The van der Waals surface area contributed by atoms with Crippen molar-refractivity contribution in [2.45, 2.75) is 19.8 Å². The van der Waals surface area contributed by atoms with Crippen LogP contribution in [0.4, 0.5) is 0 Å². The molecule has 152 valence electrons. The highest BCUT2D eigenvalue weighted by Crippen LogP contribution is 2.30. The van der Waals surface area contributed by atoms with Crippen molar-refractivity contribution in [2.24, 2.45) is 5.92 Å². The molecule has 2 heterocycles. The van der Waals surface area contributed by atoms with Gasteiger partial charge in [0.15, 0.2) is 0 Å². The first-order valence-electron chi connectivity index (χ1n) is 10.1. The average molecular weight is 413 g/mol. The van der Waals surface area contributed by atoms with E-state index in [2.05, 4.69) is 0 Å². The third kappa shape index (κ3) is 4.40. The molecule has 0 aliphatic carbocycles. The molecule has 1 saturated heterocycles. The quantitative estimate of drug-likeness (QED) is 0.757. The second kappa shape index (κ2) is 8.46. The van der Waals surface area contributed by atoms with Crippen molar-refractivity contribution in [1.82, 2.24) is 9.80 Å². The van der Waals surface area contributed by atoms with Gasteiger partial charge >= 0.3 is 0 Å². The molecular weight excluding hydrogens is 388 g/mol. The van der Waals surface area contributed by atoms with Gasteiger partial charge in [-0.2, -0.15) is 0 Å². The Hall–Kier alpha value is -2.53. The number of nitrogens with zero attached hydrogens (tertiary/aromatic N) is 2. The van der Waals surface area contributed by atoms with Crippen molar-refractivity contribution in [3.8, 4) is 5.75 Å². The molecule has 1 fully saturated rings. The molecule has 6 heteroatoms. The molecule has 0 spiro atoms. The molecule has 2 aliphatic heterocycles. The smallest absolute Gasteiger partial charge is 0.253 e. The van der Waals surface area contributed by atoms with Gasteiger partial charge in [0, 0.05) is 36.8 Å². The lowest BCUT2D eigenvalue weighted by molar-refractivity contribution is -0.136. The fraction of sp³-hybridized carbons (Fsp3) is 0.391. The molecular formula is C23H25ClN2O3. The van der Waals surface area contributed by atoms with E-state index >= 15 is 0 Å². The van der Waals surface area contributed by atoms with Crippen LogP contribution in [0.2, 0.25) is 5.02 Å². The molecule has 0 N–H and O–H groups in total. The molecule has 4 rings (SSSR count). The second-order valence-corrected chi connectivity index (χ2v) is 8.24. The number of hydrogen-bond acceptors (Lipinski definition) is 3. The number of halogens is 1. The zero-order valence-corrected chi connectivity index (χ0v) is 17.3. The summed E-state index contributed by atoms with van der Waals surface area (Å²) in [5, 5.41) is 0.653. The van der Waals surface area contributed by atoms with Gasteiger partial charge in [0.25, 0.3) is 5.91 Å². The Morgan fingerprint density at radius 1 is 1.03 bits per heavy atom. The summed E-state index contributed by atoms with van der Waals surface area (Å²) in [6, 6.07) is 13.2. The molecule has 2 amide bonds. The number of rotatable bonds is 2. The second-order valence-electron chi connectivity index (χ2n) is 7.80. The van der Waals surface area contributed by atoms with Crippen LogP contribution >= 0.6 is 11.6 Å². The van der Waals surface area contributed by atoms with E-state index in [0.29, 0.717) is 49.8 Å². The van der Waals surface area contributed by atoms with Gasteiger partial charge in [-0.05, 0) is 55.7 Å². The summed E-state index contributed by atoms with van der Waals surface area (Å²) in [5.41, 5.74) is 2.76. The molecule has 2 aliphatic rings. The lowest BCUT2D eigenvalue weighted by atomic mass is 9.95. The monoisotopic (exact) mass is 412 g/mol. The van der Waals surface area contributed by atoms with E-state index in [9.17, 15) is 9.59 Å². The fourth-order valence-electron chi connectivity index (χ4n) is 4.08. The first-order valence-corrected chi connectivity index (χ1v) is 10.4. The number of aryl methyl sites for hydroxylation is 1. The predicted molar refractivity (Wildman–Crippen MR) is 112 cm³/mol. The minimum Gasteiger partial charge on any atom is -0.492 e. The number of fused-ring (bicyclic) bond motifs is 1. The normalized spacial score (nSPS) is 19.2. The van der Waals surface area contributed by atoms with E-state index in [1.807, 2.05) is 53.1 Å². The Labute approximate surface area is 176 Å². The van der Waals surface area contributed by atoms with Crippen LogP contribution in [0.15, 0.2) is 42.5 Å². The van der Waals surface area contributed by atoms with Crippen LogP contribution < -0.4 is 4.74 Å². The zero-order chi connectivity index (χ0) is 20.4. The van der Waals surface area contributed by atoms with Crippen LogP contribution in [0.25, 0.3) is 0 Å². The van der Waals surface area contributed by atoms with Crippen molar-refractivity contribution in [3.63, 3.8) is 0 Å². The van der Waals surface area contributed by atoms with Gasteiger partial charge in [0.2, 0.25) is 5.91 Å². The van der Waals surface area contributed by atoms with Crippen LogP contribution in [-0.2, 0) is 11.2 Å². The van der Waals surface area contributed by atoms with Gasteiger partial charge in [-0.1, -0.05) is 29.3 Å². The average Bonchev–Trinajstić information content (AvgIpc) is 2.98. The Morgan fingerprint density at radius 3 is 2.66 bits per heavy atom. The van der Waals surface area contributed by atoms with Gasteiger partial charge in [0.1, 0.15) is 12.4 Å². The Balaban J connectivity index is 1.39. The lowest BCUT2D eigenvalue weighted by Gasteiger charge is -2.30. The van der Waals surface area contributed by atoms with Crippen molar-refractivity contribution in [2.75, 3.05) is 32.8 Å². The summed E-state index contributed by atoms with van der Waals surface area (Å²) in [6.45, 7) is 4.79. The SMILES string of the molecule is Cc1cccc(C(=O)N2CCCN(C(=O)C3COc4ccc(Cl)cc4C3)CC2)c1. The summed E-state index contributed by atoms with van der Waals surface area (Å²) in [4.78, 5) is 29.7. The van der Waals surface area contributed by atoms with E-state index in [-0.39, 0.29) is 17.7 Å². The molecule has 0 saturated carbocycles. The number of hydrogen-bond donors (Lipinski definition) is 0. The first kappa shape index (κ1) is 19.8. The van der Waals surface area contributed by atoms with Crippen LogP contribution in [0.3, 0.4) is 0 Å². The summed E-state index contributed by atoms with van der Waals surface area (Å²) >= 11 is 6.09. The number of carbonyl (C=O) groups is 2. The molecule has 1 unspecified atom stereocenters. The molecule has 0 bridgehead atoms. The van der Waals surface area contributed by atoms with E-state index in [1.54, 1.807) is 6.07 Å². The number of amides is 2. The fourth-order valence-corrected chi connectivity index (χ4v) is 4.28. The maximum atomic E-state index is 13.1. The Bertz CT molecular complexity index is 930. The highest BCUT2D eigenvalue weighted by Gasteiger charge is 2.31. The predicted octanol–water partition coefficient (Wildman–Crippen LogP) is 3.57. The molecule has 5 nitrogen and oxygen atoms in total. The van der Waals surface area contributed by atoms with Crippen molar-refractivity contribution < 1.29 is 14.3 Å². The highest BCUT2D eigenvalue weighted by molar-refractivity contribution is 6.30. The maximum absolute atomic E-state index is 13.1. The standard InChI is InChI=1S/C23H25ClN2O3/c1-16-4-2-5-17(12-16)22(27)25-8-3-9-26(11-10-25)23(28)19-13-18-14-20(24)6-7-21(18)29-15-19/h2,4-7,12,14,19H,3,8-11,13,15H2,1H3. The van der Waals surface area contributed by atoms with Crippen LogP contribution in [0.1, 0.15) is 27.9 Å². The summed E-state index contributed by atoms with van der Waals surface area (Å²) in [6.07, 6.45) is 1.41. The van der Waals surface area contributed by atoms with Crippen molar-refractivity contribution >= 4 is 23.4 Å². The van der Waals surface area contributed by atoms with Crippen molar-refractivity contribution in [1.29, 1.82) is 0 Å². The van der Waals surface area contributed by atoms with Crippen LogP contribution in [0, 0.1) is 12.8 Å². The van der Waals surface area contributed by atoms with Gasteiger partial charge in [-0.15, -0.1) is 0 Å². The van der Waals surface area contributed by atoms with E-state index < -0.39 is 0 Å². The third-order valence-electron chi connectivity index (χ3n) is 5.64. The number of benzene rings is 2. The highest BCUT2D eigenvalue weighted by atomic mass is 35.5. The van der Waals surface area contributed by atoms with Crippen molar-refractivity contribution in [3.05, 3.63) is 64.2 Å². The molecule has 29 heavy (non-hydrogen) atoms. The molecule has 2 aromatic rings. The molecule has 0 radical (unpaired) electrons. The van der Waals surface area contributed by atoms with Crippen LogP contribution in [0.5, 0.6) is 5.75 Å². The minimum absolute atomic E-state index is 0.0348. The lowest BCUT2D eigenvalue weighted by Crippen LogP contribution is -2.43. The summed E-state index contributed by atoms with van der Waals surface area (Å²) < 4.78 is 5.79. The van der Waals surface area contributed by atoms with Crippen LogP contribution in [-0.4, -0.2) is 54.4 Å². The topological polar surface area (TPSA) is 49.9 Å². The number of ether oxygens (including phenoxy) is 1. The third-order valence-corrected chi connectivity index (χ3v) is 5.87. The Morgan fingerprint density at radius 2 is 1.83 bits per heavy atom. The molecule has 1 atom stereocenters. The number of carbonyl (C=O) groups excluding carboxylic acids is 2. The van der Waals surface area contributed by atoms with E-state index in [1.165, 1.54) is 0 Å². The zero-order valence-electron chi connectivity index (χ0n) is 16.6. The Kier molecular flexibility index (Phi) is 5.76. The summed E-state index contributed by atoms with van der Waals surface area (Å²) in [5.74, 6) is 0.734. The maximum Gasteiger partial charge on any atom is 0.253 e. The molecule has 2 aromatic carbocycles. The van der Waals surface area contributed by atoms with E-state index in [0.717, 1.165) is 23.3 Å². The van der Waals surface area contributed by atoms with E-state index in [4.69, 9.17) is 16.3 Å². The minimum atomic E-state index is -0.208. The van der Waals surface area contributed by atoms with Gasteiger partial charge in [-0.3, -0.25) is 9.59 Å². The van der Waals surface area contributed by atoms with Gasteiger partial charge in [-0.25, -0.2) is 0 Å². The largest absolute Gasteiger partial charge is 0.492 e. The summed E-state index contributed by atoms with van der Waals surface area (Å²) in [7, 11) is 0.